The zero-order chi connectivity index (χ0) is 17.1. The van der Waals surface area contributed by atoms with Crippen LogP contribution in [0, 0.1) is 5.92 Å². The van der Waals surface area contributed by atoms with Gasteiger partial charge in [0.25, 0.3) is 0 Å². The third-order valence-electron chi connectivity index (χ3n) is 4.39. The van der Waals surface area contributed by atoms with Gasteiger partial charge in [0.05, 0.1) is 0 Å². The Hall–Kier alpha value is -2.66. The minimum absolute atomic E-state index is 0.0753. The summed E-state index contributed by atoms with van der Waals surface area (Å²) in [7, 11) is 0. The highest BCUT2D eigenvalue weighted by Gasteiger charge is 2.32. The molecule has 0 amide bonds. The Balaban J connectivity index is 1.81. The van der Waals surface area contributed by atoms with Crippen LogP contribution in [0.4, 0.5) is 0 Å². The molecule has 3 N–H and O–H groups in total. The Kier molecular flexibility index (Phi) is 4.62. The minimum atomic E-state index is -1.21. The van der Waals surface area contributed by atoms with Crippen molar-refractivity contribution in [3.8, 4) is 11.1 Å². The number of fused-ring (bicyclic) bond motifs is 3. The number of carboxylic acid groups (broad SMARTS) is 1. The lowest BCUT2D eigenvalue weighted by atomic mass is 9.98. The van der Waals surface area contributed by atoms with Gasteiger partial charge >= 0.3 is 11.9 Å². The van der Waals surface area contributed by atoms with Gasteiger partial charge in [-0.15, -0.1) is 0 Å². The summed E-state index contributed by atoms with van der Waals surface area (Å²) in [5.74, 6) is -3.21. The van der Waals surface area contributed by atoms with E-state index in [-0.39, 0.29) is 25.5 Å². The monoisotopic (exact) mass is 325 g/mol. The summed E-state index contributed by atoms with van der Waals surface area (Å²) in [4.78, 5) is 23.3. The molecule has 0 aromatic heterocycles. The van der Waals surface area contributed by atoms with Gasteiger partial charge < -0.3 is 15.6 Å². The van der Waals surface area contributed by atoms with Crippen LogP contribution in [0.3, 0.4) is 0 Å². The summed E-state index contributed by atoms with van der Waals surface area (Å²) in [6.07, 6.45) is 0.0754. The van der Waals surface area contributed by atoms with E-state index >= 15 is 0 Å². The highest BCUT2D eigenvalue weighted by atomic mass is 16.5. The van der Waals surface area contributed by atoms with Gasteiger partial charge in [0.2, 0.25) is 0 Å². The average Bonchev–Trinajstić information content (AvgIpc) is 2.91. The summed E-state index contributed by atoms with van der Waals surface area (Å²) >= 11 is 0. The quantitative estimate of drug-likeness (QED) is 0.629. The Labute approximate surface area is 140 Å². The highest BCUT2D eigenvalue weighted by Crippen LogP contribution is 2.44. The maximum absolute atomic E-state index is 12.1. The van der Waals surface area contributed by atoms with E-state index in [1.54, 1.807) is 0 Å². The van der Waals surface area contributed by atoms with Crippen molar-refractivity contribution in [2.24, 2.45) is 11.7 Å². The number of hydrogen-bond acceptors (Lipinski definition) is 4. The topological polar surface area (TPSA) is 89.6 Å². The van der Waals surface area contributed by atoms with Crippen LogP contribution in [-0.4, -0.2) is 30.2 Å². The molecule has 2 aromatic carbocycles. The highest BCUT2D eigenvalue weighted by molar-refractivity contribution is 5.94. The minimum Gasteiger partial charge on any atom is -0.481 e. The second kappa shape index (κ2) is 6.84. The van der Waals surface area contributed by atoms with Crippen molar-refractivity contribution in [2.45, 2.75) is 12.3 Å². The molecule has 0 heterocycles. The lowest BCUT2D eigenvalue weighted by Crippen LogP contribution is -2.29. The molecule has 0 saturated heterocycles. The summed E-state index contributed by atoms with van der Waals surface area (Å²) in [5, 5.41) is 9.13. The smallest absolute Gasteiger partial charge is 0.320 e. The molecule has 124 valence electrons. The zero-order valence-electron chi connectivity index (χ0n) is 13.1. The van der Waals surface area contributed by atoms with Crippen LogP contribution in [0.1, 0.15) is 23.5 Å². The third kappa shape index (κ3) is 2.90. The van der Waals surface area contributed by atoms with Crippen molar-refractivity contribution < 1.29 is 19.4 Å². The number of nitrogens with two attached hydrogens (primary N) is 1. The number of carbonyl (C=O) groups is 2. The first kappa shape index (κ1) is 16.2. The normalized spacial score (nSPS) is 13.9. The molecule has 1 aliphatic carbocycles. The maximum atomic E-state index is 12.1. The molecule has 2 aromatic rings. The van der Waals surface area contributed by atoms with Gasteiger partial charge in [0.15, 0.2) is 5.92 Å². The summed E-state index contributed by atoms with van der Waals surface area (Å²) in [6.45, 7) is 0.252. The van der Waals surface area contributed by atoms with Crippen molar-refractivity contribution in [1.82, 2.24) is 0 Å². The molecule has 1 aliphatic rings. The van der Waals surface area contributed by atoms with Gasteiger partial charge in [0, 0.05) is 5.92 Å². The number of esters is 1. The van der Waals surface area contributed by atoms with Crippen molar-refractivity contribution in [3.05, 3.63) is 59.7 Å². The van der Waals surface area contributed by atoms with Gasteiger partial charge in [-0.3, -0.25) is 9.59 Å². The van der Waals surface area contributed by atoms with Crippen LogP contribution in [0.2, 0.25) is 0 Å². The Morgan fingerprint density at radius 2 is 1.58 bits per heavy atom. The van der Waals surface area contributed by atoms with Gasteiger partial charge in [-0.1, -0.05) is 48.5 Å². The third-order valence-corrected chi connectivity index (χ3v) is 4.39. The van der Waals surface area contributed by atoms with Crippen molar-refractivity contribution in [2.75, 3.05) is 13.2 Å². The molecule has 5 nitrogen and oxygen atoms in total. The van der Waals surface area contributed by atoms with Crippen LogP contribution in [-0.2, 0) is 14.3 Å². The number of rotatable bonds is 6. The van der Waals surface area contributed by atoms with Gasteiger partial charge in [0.1, 0.15) is 6.61 Å². The van der Waals surface area contributed by atoms with Gasteiger partial charge in [-0.05, 0) is 35.2 Å². The Morgan fingerprint density at radius 3 is 2.08 bits per heavy atom. The van der Waals surface area contributed by atoms with Crippen molar-refractivity contribution in [3.63, 3.8) is 0 Å². The number of carbonyl (C=O) groups excluding carboxylic acids is 1. The van der Waals surface area contributed by atoms with E-state index in [2.05, 4.69) is 0 Å². The maximum Gasteiger partial charge on any atom is 0.320 e. The van der Waals surface area contributed by atoms with Crippen LogP contribution in [0.5, 0.6) is 0 Å². The first-order chi connectivity index (χ1) is 11.6. The van der Waals surface area contributed by atoms with Crippen molar-refractivity contribution >= 4 is 11.9 Å². The molecule has 0 saturated carbocycles. The molecule has 5 heteroatoms. The number of aliphatic carboxylic acids is 1. The molecular weight excluding hydrogens is 306 g/mol. The average molecular weight is 325 g/mol. The Morgan fingerprint density at radius 1 is 1.04 bits per heavy atom. The van der Waals surface area contributed by atoms with E-state index in [1.165, 1.54) is 0 Å². The number of ether oxygens (including phenoxy) is 1. The second-order valence-electron chi connectivity index (χ2n) is 5.83. The lowest BCUT2D eigenvalue weighted by molar-refractivity contribution is -0.159. The second-order valence-corrected chi connectivity index (χ2v) is 5.83. The number of hydrogen-bond donors (Lipinski definition) is 2. The van der Waals surface area contributed by atoms with Crippen LogP contribution >= 0.6 is 0 Å². The zero-order valence-corrected chi connectivity index (χ0v) is 13.1. The fraction of sp³-hybridized carbons (Fsp3) is 0.263. The molecule has 0 fully saturated rings. The van der Waals surface area contributed by atoms with E-state index in [0.717, 1.165) is 22.3 Å². The predicted octanol–water partition coefficient (Wildman–Crippen LogP) is 2.39. The predicted molar refractivity (Wildman–Crippen MR) is 89.5 cm³/mol. The molecule has 0 bridgehead atoms. The van der Waals surface area contributed by atoms with E-state index in [9.17, 15) is 9.59 Å². The van der Waals surface area contributed by atoms with E-state index in [0.29, 0.717) is 0 Å². The van der Waals surface area contributed by atoms with Crippen LogP contribution in [0.15, 0.2) is 48.5 Å². The first-order valence-electron chi connectivity index (χ1n) is 7.91. The molecule has 0 spiro atoms. The van der Waals surface area contributed by atoms with Crippen molar-refractivity contribution in [1.29, 1.82) is 0 Å². The van der Waals surface area contributed by atoms with E-state index in [1.807, 2.05) is 48.5 Å². The standard InChI is InChI=1S/C19H19NO4/c20-10-9-16(18(21)22)19(23)24-11-17-14-7-3-1-5-12(14)13-6-2-4-8-15(13)17/h1-8,16-17H,9-11,20H2,(H,21,22)/t16-/m1/s1. The summed E-state index contributed by atoms with van der Waals surface area (Å²) in [5.41, 5.74) is 9.83. The molecule has 0 radical (unpaired) electrons. The molecule has 0 unspecified atom stereocenters. The molecule has 1 atom stereocenters. The Bertz CT molecular complexity index is 726. The fourth-order valence-corrected chi connectivity index (χ4v) is 3.21. The molecule has 3 rings (SSSR count). The molecule has 24 heavy (non-hydrogen) atoms. The largest absolute Gasteiger partial charge is 0.481 e. The summed E-state index contributed by atoms with van der Waals surface area (Å²) < 4.78 is 5.34. The van der Waals surface area contributed by atoms with Gasteiger partial charge in [-0.2, -0.15) is 0 Å². The molecule has 0 aliphatic heterocycles. The fourth-order valence-electron chi connectivity index (χ4n) is 3.21. The number of carboxylic acids is 1. The van der Waals surface area contributed by atoms with Crippen LogP contribution in [0.25, 0.3) is 11.1 Å². The van der Waals surface area contributed by atoms with Crippen LogP contribution < -0.4 is 5.73 Å². The number of benzene rings is 2. The summed E-state index contributed by atoms with van der Waals surface area (Å²) in [6, 6.07) is 16.0. The lowest BCUT2D eigenvalue weighted by Gasteiger charge is -2.16. The van der Waals surface area contributed by atoms with E-state index in [4.69, 9.17) is 15.6 Å². The molecular formula is C19H19NO4. The van der Waals surface area contributed by atoms with Gasteiger partial charge in [-0.25, -0.2) is 0 Å². The SMILES string of the molecule is NCC[C@H](C(=O)O)C(=O)OCC1c2ccccc2-c2ccccc21. The van der Waals surface area contributed by atoms with E-state index < -0.39 is 17.9 Å². The first-order valence-corrected chi connectivity index (χ1v) is 7.91.